The molecule has 1 saturated carbocycles. The number of amides is 2. The minimum atomic E-state index is -0.385. The summed E-state index contributed by atoms with van der Waals surface area (Å²) in [6.07, 6.45) is 5.75. The number of carbonyl (C=O) groups is 3. The number of hydrogen-bond acceptors (Lipinski definition) is 4. The van der Waals surface area contributed by atoms with Crippen LogP contribution in [0.3, 0.4) is 0 Å². The van der Waals surface area contributed by atoms with E-state index in [1.807, 2.05) is 4.90 Å². The summed E-state index contributed by atoms with van der Waals surface area (Å²) >= 11 is 0. The molecule has 0 spiro atoms. The molecule has 2 fully saturated rings. The van der Waals surface area contributed by atoms with Gasteiger partial charge < -0.3 is 15.0 Å². The molecule has 3 aliphatic rings. The molecule has 1 atom stereocenters. The van der Waals surface area contributed by atoms with E-state index in [9.17, 15) is 14.4 Å². The number of likely N-dealkylation sites (tertiary alicyclic amines) is 1. The smallest absolute Gasteiger partial charge is 0.316 e. The summed E-state index contributed by atoms with van der Waals surface area (Å²) in [6, 6.07) is 5.56. The third kappa shape index (κ3) is 3.25. The van der Waals surface area contributed by atoms with Gasteiger partial charge in [-0.1, -0.05) is 12.8 Å². The van der Waals surface area contributed by atoms with E-state index in [1.165, 1.54) is 0 Å². The molecular formula is C19H22N2O4. The Morgan fingerprint density at radius 3 is 2.76 bits per heavy atom. The summed E-state index contributed by atoms with van der Waals surface area (Å²) in [5.74, 6) is -0.167. The van der Waals surface area contributed by atoms with Crippen LogP contribution in [-0.4, -0.2) is 35.3 Å². The largest absolute Gasteiger partial charge is 0.426 e. The van der Waals surface area contributed by atoms with Gasteiger partial charge in [0.05, 0.1) is 5.92 Å². The number of nitrogens with zero attached hydrogens (tertiary/aromatic N) is 1. The predicted molar refractivity (Wildman–Crippen MR) is 91.1 cm³/mol. The van der Waals surface area contributed by atoms with E-state index >= 15 is 0 Å². The molecule has 1 aliphatic carbocycles. The standard InChI is InChI=1S/C19H22N2O4/c22-17-8-5-12-9-15(6-7-16(12)20-17)25-19(24)13-10-18(23)21(11-13)14-3-1-2-4-14/h6-7,9,13-14H,1-5,8,10-11H2,(H,20,22)/t13-/m0/s1. The van der Waals surface area contributed by atoms with Gasteiger partial charge in [-0.15, -0.1) is 0 Å². The van der Waals surface area contributed by atoms with Crippen molar-refractivity contribution in [1.29, 1.82) is 0 Å². The number of esters is 1. The highest BCUT2D eigenvalue weighted by molar-refractivity contribution is 5.94. The van der Waals surface area contributed by atoms with E-state index in [4.69, 9.17) is 4.74 Å². The van der Waals surface area contributed by atoms with Crippen LogP contribution in [0.5, 0.6) is 5.75 Å². The lowest BCUT2D eigenvalue weighted by Gasteiger charge is -2.23. The Balaban J connectivity index is 1.40. The van der Waals surface area contributed by atoms with Crippen molar-refractivity contribution in [1.82, 2.24) is 4.90 Å². The molecule has 1 saturated heterocycles. The first kappa shape index (κ1) is 16.1. The van der Waals surface area contributed by atoms with E-state index in [0.29, 0.717) is 31.2 Å². The van der Waals surface area contributed by atoms with Crippen LogP contribution in [0.4, 0.5) is 5.69 Å². The van der Waals surface area contributed by atoms with Crippen LogP contribution < -0.4 is 10.1 Å². The van der Waals surface area contributed by atoms with Gasteiger partial charge >= 0.3 is 5.97 Å². The number of anilines is 1. The van der Waals surface area contributed by atoms with Gasteiger partial charge in [0.1, 0.15) is 5.75 Å². The maximum Gasteiger partial charge on any atom is 0.316 e. The highest BCUT2D eigenvalue weighted by Crippen LogP contribution is 2.31. The van der Waals surface area contributed by atoms with Crippen molar-refractivity contribution < 1.29 is 19.1 Å². The van der Waals surface area contributed by atoms with Gasteiger partial charge in [-0.25, -0.2) is 0 Å². The van der Waals surface area contributed by atoms with Gasteiger partial charge in [-0.3, -0.25) is 14.4 Å². The Hall–Kier alpha value is -2.37. The number of hydrogen-bond donors (Lipinski definition) is 1. The van der Waals surface area contributed by atoms with E-state index in [-0.39, 0.29) is 30.1 Å². The van der Waals surface area contributed by atoms with Crippen molar-refractivity contribution in [2.75, 3.05) is 11.9 Å². The van der Waals surface area contributed by atoms with Crippen LogP contribution in [0.2, 0.25) is 0 Å². The number of ether oxygens (including phenoxy) is 1. The van der Waals surface area contributed by atoms with Crippen LogP contribution in [0.15, 0.2) is 18.2 Å². The fourth-order valence-corrected chi connectivity index (χ4v) is 4.08. The fourth-order valence-electron chi connectivity index (χ4n) is 4.08. The summed E-state index contributed by atoms with van der Waals surface area (Å²) < 4.78 is 5.52. The lowest BCUT2D eigenvalue weighted by Crippen LogP contribution is -2.35. The number of carbonyl (C=O) groups excluding carboxylic acids is 3. The first-order chi connectivity index (χ1) is 12.1. The van der Waals surface area contributed by atoms with E-state index in [2.05, 4.69) is 5.32 Å². The van der Waals surface area contributed by atoms with Crippen molar-refractivity contribution in [3.05, 3.63) is 23.8 Å². The molecule has 4 rings (SSSR count). The third-order valence-corrected chi connectivity index (χ3v) is 5.45. The summed E-state index contributed by atoms with van der Waals surface area (Å²) in [4.78, 5) is 38.0. The van der Waals surface area contributed by atoms with Crippen molar-refractivity contribution in [2.24, 2.45) is 5.92 Å². The Morgan fingerprint density at radius 2 is 1.96 bits per heavy atom. The Bertz CT molecular complexity index is 724. The zero-order chi connectivity index (χ0) is 17.4. The number of benzene rings is 1. The second-order valence-corrected chi connectivity index (χ2v) is 7.17. The fraction of sp³-hybridized carbons (Fsp3) is 0.526. The summed E-state index contributed by atoms with van der Waals surface area (Å²) in [7, 11) is 0. The Morgan fingerprint density at radius 1 is 1.16 bits per heavy atom. The molecule has 0 unspecified atom stereocenters. The van der Waals surface area contributed by atoms with E-state index in [1.54, 1.807) is 18.2 Å². The van der Waals surface area contributed by atoms with Crippen molar-refractivity contribution >= 4 is 23.5 Å². The maximum atomic E-state index is 12.5. The van der Waals surface area contributed by atoms with Gasteiger partial charge in [-0.05, 0) is 43.0 Å². The van der Waals surface area contributed by atoms with Crippen molar-refractivity contribution in [2.45, 2.75) is 51.0 Å². The number of nitrogens with one attached hydrogen (secondary N) is 1. The quantitative estimate of drug-likeness (QED) is 0.675. The molecule has 2 amide bonds. The Labute approximate surface area is 146 Å². The van der Waals surface area contributed by atoms with Crippen LogP contribution in [0, 0.1) is 5.92 Å². The van der Waals surface area contributed by atoms with Gasteiger partial charge in [0.25, 0.3) is 0 Å². The van der Waals surface area contributed by atoms with E-state index in [0.717, 1.165) is 36.9 Å². The van der Waals surface area contributed by atoms with Crippen molar-refractivity contribution in [3.63, 3.8) is 0 Å². The number of aryl methyl sites for hydroxylation is 1. The zero-order valence-corrected chi connectivity index (χ0v) is 14.1. The first-order valence-electron chi connectivity index (χ1n) is 9.04. The van der Waals surface area contributed by atoms with Gasteiger partial charge in [0.2, 0.25) is 11.8 Å². The molecule has 2 aliphatic heterocycles. The molecule has 1 aromatic carbocycles. The maximum absolute atomic E-state index is 12.5. The predicted octanol–water partition coefficient (Wildman–Crippen LogP) is 2.27. The van der Waals surface area contributed by atoms with Crippen LogP contribution in [0.1, 0.15) is 44.1 Å². The normalized spacial score (nSPS) is 23.5. The average Bonchev–Trinajstić information content (AvgIpc) is 3.24. The molecule has 25 heavy (non-hydrogen) atoms. The number of fused-ring (bicyclic) bond motifs is 1. The number of rotatable bonds is 3. The van der Waals surface area contributed by atoms with Gasteiger partial charge in [0.15, 0.2) is 0 Å². The average molecular weight is 342 g/mol. The van der Waals surface area contributed by atoms with Gasteiger partial charge in [0, 0.05) is 31.1 Å². The second kappa shape index (κ2) is 6.50. The molecule has 0 bridgehead atoms. The highest BCUT2D eigenvalue weighted by Gasteiger charge is 2.39. The molecule has 6 heteroatoms. The third-order valence-electron chi connectivity index (χ3n) is 5.45. The zero-order valence-electron chi connectivity index (χ0n) is 14.1. The molecular weight excluding hydrogens is 320 g/mol. The molecule has 132 valence electrons. The second-order valence-electron chi connectivity index (χ2n) is 7.17. The summed E-state index contributed by atoms with van der Waals surface area (Å²) in [6.45, 7) is 0.476. The summed E-state index contributed by atoms with van der Waals surface area (Å²) in [5, 5.41) is 2.81. The van der Waals surface area contributed by atoms with Crippen LogP contribution in [-0.2, 0) is 20.8 Å². The monoisotopic (exact) mass is 342 g/mol. The summed E-state index contributed by atoms with van der Waals surface area (Å²) in [5.41, 5.74) is 1.75. The minimum Gasteiger partial charge on any atom is -0.426 e. The lowest BCUT2D eigenvalue weighted by molar-refractivity contribution is -0.139. The molecule has 0 radical (unpaired) electrons. The SMILES string of the molecule is O=C1CCc2cc(OC(=O)[C@H]3CC(=O)N(C4CCCC4)C3)ccc2N1. The molecule has 0 aromatic heterocycles. The molecule has 1 aromatic rings. The van der Waals surface area contributed by atoms with Crippen LogP contribution >= 0.6 is 0 Å². The minimum absolute atomic E-state index is 0.00807. The lowest BCUT2D eigenvalue weighted by atomic mass is 10.0. The van der Waals surface area contributed by atoms with Crippen molar-refractivity contribution in [3.8, 4) is 5.75 Å². The van der Waals surface area contributed by atoms with Gasteiger partial charge in [-0.2, -0.15) is 0 Å². The Kier molecular flexibility index (Phi) is 4.19. The first-order valence-corrected chi connectivity index (χ1v) is 9.04. The molecule has 6 nitrogen and oxygen atoms in total. The molecule has 1 N–H and O–H groups in total. The topological polar surface area (TPSA) is 75.7 Å². The van der Waals surface area contributed by atoms with Crippen LogP contribution in [0.25, 0.3) is 0 Å². The molecule has 2 heterocycles. The highest BCUT2D eigenvalue weighted by atomic mass is 16.5. The van der Waals surface area contributed by atoms with E-state index < -0.39 is 0 Å².